The molecule has 18 heavy (non-hydrogen) atoms. The third-order valence-electron chi connectivity index (χ3n) is 5.32. The lowest BCUT2D eigenvalue weighted by Crippen LogP contribution is -2.56. The molecule has 0 aromatic heterocycles. The second-order valence-electron chi connectivity index (χ2n) is 7.14. The molecule has 3 heteroatoms. The molecule has 2 fully saturated rings. The minimum Gasteiger partial charge on any atom is -0.394 e. The Morgan fingerprint density at radius 2 is 1.89 bits per heavy atom. The number of hydrogen-bond donors (Lipinski definition) is 2. The minimum absolute atomic E-state index is 0.0180. The number of aliphatic hydroxyl groups excluding tert-OH is 1. The van der Waals surface area contributed by atoms with Crippen LogP contribution >= 0.6 is 0 Å². The van der Waals surface area contributed by atoms with Crippen LogP contribution in [0.5, 0.6) is 0 Å². The highest BCUT2D eigenvalue weighted by molar-refractivity contribution is 4.96. The number of likely N-dealkylation sites (tertiary alicyclic amines) is 1. The lowest BCUT2D eigenvalue weighted by atomic mass is 9.77. The van der Waals surface area contributed by atoms with E-state index in [2.05, 4.69) is 24.1 Å². The van der Waals surface area contributed by atoms with E-state index < -0.39 is 0 Å². The van der Waals surface area contributed by atoms with Crippen molar-refractivity contribution in [2.45, 2.75) is 64.0 Å². The molecule has 2 rings (SSSR count). The smallest absolute Gasteiger partial charge is 0.0613 e. The van der Waals surface area contributed by atoms with Crippen molar-refractivity contribution in [3.8, 4) is 0 Å². The Morgan fingerprint density at radius 1 is 1.22 bits per heavy atom. The van der Waals surface area contributed by atoms with E-state index in [0.29, 0.717) is 11.5 Å². The Hall–Kier alpha value is -0.120. The van der Waals surface area contributed by atoms with Crippen molar-refractivity contribution in [2.75, 3.05) is 26.7 Å². The van der Waals surface area contributed by atoms with Crippen molar-refractivity contribution in [1.82, 2.24) is 10.2 Å². The standard InChI is InChI=1S/C15H30N2O/c1-14(2)7-9-17(10-8-14)13-5-4-6-15(11-13,12-18)16-3/h13,16,18H,4-12H2,1-3H3. The highest BCUT2D eigenvalue weighted by Gasteiger charge is 2.38. The fourth-order valence-electron chi connectivity index (χ4n) is 3.59. The van der Waals surface area contributed by atoms with Crippen LogP contribution in [0.3, 0.4) is 0 Å². The summed E-state index contributed by atoms with van der Waals surface area (Å²) in [5.74, 6) is 0. The van der Waals surface area contributed by atoms with E-state index in [4.69, 9.17) is 0 Å². The van der Waals surface area contributed by atoms with Crippen LogP contribution in [0.4, 0.5) is 0 Å². The number of aliphatic hydroxyl groups is 1. The molecule has 0 radical (unpaired) electrons. The summed E-state index contributed by atoms with van der Waals surface area (Å²) in [6.07, 6.45) is 7.41. The lowest BCUT2D eigenvalue weighted by Gasteiger charge is -2.47. The van der Waals surface area contributed by atoms with Gasteiger partial charge in [0.05, 0.1) is 6.61 Å². The maximum absolute atomic E-state index is 9.66. The maximum Gasteiger partial charge on any atom is 0.0613 e. The molecule has 106 valence electrons. The van der Waals surface area contributed by atoms with E-state index in [1.165, 1.54) is 38.8 Å². The Kier molecular flexibility index (Phi) is 4.35. The number of rotatable bonds is 3. The van der Waals surface area contributed by atoms with Crippen LogP contribution in [0.25, 0.3) is 0 Å². The average molecular weight is 254 g/mol. The van der Waals surface area contributed by atoms with Crippen LogP contribution in [-0.2, 0) is 0 Å². The van der Waals surface area contributed by atoms with Gasteiger partial charge in [-0.15, -0.1) is 0 Å². The summed E-state index contributed by atoms with van der Waals surface area (Å²) in [5.41, 5.74) is 0.512. The van der Waals surface area contributed by atoms with Crippen LogP contribution < -0.4 is 5.32 Å². The molecule has 0 amide bonds. The van der Waals surface area contributed by atoms with Crippen molar-refractivity contribution in [2.24, 2.45) is 5.41 Å². The highest BCUT2D eigenvalue weighted by atomic mass is 16.3. The van der Waals surface area contributed by atoms with Crippen LogP contribution in [0.1, 0.15) is 52.4 Å². The molecule has 1 heterocycles. The van der Waals surface area contributed by atoms with Gasteiger partial charge in [0.15, 0.2) is 0 Å². The van der Waals surface area contributed by atoms with E-state index in [9.17, 15) is 5.11 Å². The molecule has 0 aromatic carbocycles. The molecule has 1 saturated carbocycles. The number of nitrogens with one attached hydrogen (secondary N) is 1. The molecule has 2 N–H and O–H groups in total. The predicted molar refractivity (Wildman–Crippen MR) is 75.7 cm³/mol. The minimum atomic E-state index is -0.0180. The lowest BCUT2D eigenvalue weighted by molar-refractivity contribution is 0.0328. The molecule has 1 aliphatic heterocycles. The van der Waals surface area contributed by atoms with Crippen molar-refractivity contribution >= 4 is 0 Å². The quantitative estimate of drug-likeness (QED) is 0.808. The first-order valence-electron chi connectivity index (χ1n) is 7.54. The zero-order valence-corrected chi connectivity index (χ0v) is 12.3. The fourth-order valence-corrected chi connectivity index (χ4v) is 3.59. The monoisotopic (exact) mass is 254 g/mol. The van der Waals surface area contributed by atoms with Gasteiger partial charge in [-0.25, -0.2) is 0 Å². The third kappa shape index (κ3) is 3.06. The number of likely N-dealkylation sites (N-methyl/N-ethyl adjacent to an activating group) is 1. The number of hydrogen-bond acceptors (Lipinski definition) is 3. The molecule has 0 bridgehead atoms. The van der Waals surface area contributed by atoms with Gasteiger partial charge < -0.3 is 15.3 Å². The zero-order valence-electron chi connectivity index (χ0n) is 12.3. The van der Waals surface area contributed by atoms with Gasteiger partial charge in [-0.3, -0.25) is 0 Å². The first-order valence-corrected chi connectivity index (χ1v) is 7.54. The summed E-state index contributed by atoms with van der Waals surface area (Å²) in [4.78, 5) is 2.67. The molecular weight excluding hydrogens is 224 g/mol. The number of piperidine rings is 1. The SMILES string of the molecule is CNC1(CO)CCCC(N2CCC(C)(C)CC2)C1. The fraction of sp³-hybridized carbons (Fsp3) is 1.00. The highest BCUT2D eigenvalue weighted by Crippen LogP contribution is 2.36. The van der Waals surface area contributed by atoms with Crippen LogP contribution in [0.15, 0.2) is 0 Å². The molecular formula is C15H30N2O. The van der Waals surface area contributed by atoms with Gasteiger partial charge in [-0.1, -0.05) is 13.8 Å². The molecule has 2 unspecified atom stereocenters. The van der Waals surface area contributed by atoms with Gasteiger partial charge in [-0.2, -0.15) is 0 Å². The molecule has 3 nitrogen and oxygen atoms in total. The summed E-state index contributed by atoms with van der Waals surface area (Å²) in [6, 6.07) is 0.675. The summed E-state index contributed by atoms with van der Waals surface area (Å²) >= 11 is 0. The third-order valence-corrected chi connectivity index (χ3v) is 5.32. The van der Waals surface area contributed by atoms with Crippen LogP contribution in [-0.4, -0.2) is 48.3 Å². The number of nitrogens with zero attached hydrogens (tertiary/aromatic N) is 1. The summed E-state index contributed by atoms with van der Waals surface area (Å²) in [6.45, 7) is 7.53. The molecule has 1 aliphatic carbocycles. The Morgan fingerprint density at radius 3 is 2.44 bits per heavy atom. The van der Waals surface area contributed by atoms with Gasteiger partial charge in [-0.05, 0) is 64.1 Å². The second kappa shape index (κ2) is 5.48. The molecule has 1 saturated heterocycles. The average Bonchev–Trinajstić information content (AvgIpc) is 2.38. The van der Waals surface area contributed by atoms with Gasteiger partial charge in [0.25, 0.3) is 0 Å². The summed E-state index contributed by atoms with van der Waals surface area (Å²) in [5, 5.41) is 13.0. The van der Waals surface area contributed by atoms with Crippen molar-refractivity contribution in [3.05, 3.63) is 0 Å². The predicted octanol–water partition coefficient (Wildman–Crippen LogP) is 2.00. The first-order chi connectivity index (χ1) is 8.50. The largest absolute Gasteiger partial charge is 0.394 e. The Labute approximate surface area is 112 Å². The van der Waals surface area contributed by atoms with E-state index in [0.717, 1.165) is 12.8 Å². The first kappa shape index (κ1) is 14.3. The zero-order chi connectivity index (χ0) is 13.2. The van der Waals surface area contributed by atoms with Gasteiger partial charge in [0.1, 0.15) is 0 Å². The normalized spacial score (nSPS) is 37.7. The molecule has 2 atom stereocenters. The van der Waals surface area contributed by atoms with Crippen molar-refractivity contribution < 1.29 is 5.11 Å². The maximum atomic E-state index is 9.66. The van der Waals surface area contributed by atoms with Crippen molar-refractivity contribution in [3.63, 3.8) is 0 Å². The molecule has 0 aromatic rings. The van der Waals surface area contributed by atoms with E-state index in [-0.39, 0.29) is 12.1 Å². The Bertz CT molecular complexity index is 264. The summed E-state index contributed by atoms with van der Waals surface area (Å²) in [7, 11) is 2.00. The summed E-state index contributed by atoms with van der Waals surface area (Å²) < 4.78 is 0. The second-order valence-corrected chi connectivity index (χ2v) is 7.14. The van der Waals surface area contributed by atoms with Gasteiger partial charge >= 0.3 is 0 Å². The van der Waals surface area contributed by atoms with E-state index in [1.54, 1.807) is 0 Å². The molecule has 0 spiro atoms. The van der Waals surface area contributed by atoms with Crippen molar-refractivity contribution in [1.29, 1.82) is 0 Å². The van der Waals surface area contributed by atoms with E-state index >= 15 is 0 Å². The van der Waals surface area contributed by atoms with Gasteiger partial charge in [0, 0.05) is 11.6 Å². The van der Waals surface area contributed by atoms with Gasteiger partial charge in [0.2, 0.25) is 0 Å². The van der Waals surface area contributed by atoms with E-state index in [1.807, 2.05) is 7.05 Å². The Balaban J connectivity index is 1.93. The topological polar surface area (TPSA) is 35.5 Å². The molecule has 2 aliphatic rings. The van der Waals surface area contributed by atoms with Crippen LogP contribution in [0, 0.1) is 5.41 Å². The van der Waals surface area contributed by atoms with Crippen LogP contribution in [0.2, 0.25) is 0 Å².